The second kappa shape index (κ2) is 14.1. The summed E-state index contributed by atoms with van der Waals surface area (Å²) in [7, 11) is -0.791. The first-order valence-electron chi connectivity index (χ1n) is 11.7. The number of esters is 2. The Balaban J connectivity index is 1.94. The second-order valence-corrected chi connectivity index (χ2v) is 10.6. The number of H-pyrrole nitrogens is 1. The first-order chi connectivity index (χ1) is 16.7. The molecule has 13 heteroatoms. The topological polar surface area (TPSA) is 157 Å². The number of aromatic amines is 1. The maximum atomic E-state index is 13.5. The van der Waals surface area contributed by atoms with Gasteiger partial charge in [-0.25, -0.2) is 15.2 Å². The van der Waals surface area contributed by atoms with Crippen LogP contribution in [0.15, 0.2) is 12.5 Å². The van der Waals surface area contributed by atoms with E-state index in [4.69, 9.17) is 14.2 Å². The molecule has 0 spiro atoms. The molecular weight excluding hydrogens is 475 g/mol. The SMILES string of the molecule is CCCCOc1ncnc2c(CNCCCP(=O)(NC(C)C(=O)OC)NC(C)C(=O)OC)c[nH]c12. The van der Waals surface area contributed by atoms with E-state index in [2.05, 4.69) is 37.4 Å². The molecule has 2 rings (SSSR count). The van der Waals surface area contributed by atoms with Crippen molar-refractivity contribution in [3.05, 3.63) is 18.1 Å². The van der Waals surface area contributed by atoms with Gasteiger partial charge in [0.25, 0.3) is 0 Å². The van der Waals surface area contributed by atoms with Crippen LogP contribution in [0.3, 0.4) is 0 Å². The van der Waals surface area contributed by atoms with E-state index in [0.717, 1.165) is 29.4 Å². The summed E-state index contributed by atoms with van der Waals surface area (Å²) in [5.41, 5.74) is 2.50. The Labute approximate surface area is 205 Å². The van der Waals surface area contributed by atoms with E-state index >= 15 is 0 Å². The molecule has 0 fully saturated rings. The third-order valence-electron chi connectivity index (χ3n) is 5.30. The van der Waals surface area contributed by atoms with Crippen LogP contribution in [0.5, 0.6) is 5.88 Å². The maximum Gasteiger partial charge on any atom is 0.322 e. The third-order valence-corrected chi connectivity index (χ3v) is 7.85. The molecule has 4 N–H and O–H groups in total. The highest BCUT2D eigenvalue weighted by atomic mass is 31.2. The van der Waals surface area contributed by atoms with Gasteiger partial charge in [0.15, 0.2) is 0 Å². The summed E-state index contributed by atoms with van der Waals surface area (Å²) >= 11 is 0. The molecule has 2 atom stereocenters. The second-order valence-electron chi connectivity index (χ2n) is 8.16. The minimum absolute atomic E-state index is 0.203. The van der Waals surface area contributed by atoms with E-state index in [1.54, 1.807) is 13.8 Å². The van der Waals surface area contributed by atoms with Crippen LogP contribution < -0.4 is 20.2 Å². The highest BCUT2D eigenvalue weighted by Gasteiger charge is 2.30. The predicted octanol–water partition coefficient (Wildman–Crippen LogP) is 2.11. The molecule has 0 aliphatic carbocycles. The summed E-state index contributed by atoms with van der Waals surface area (Å²) < 4.78 is 28.7. The fourth-order valence-electron chi connectivity index (χ4n) is 3.43. The fraction of sp³-hybridized carbons (Fsp3) is 0.636. The summed E-state index contributed by atoms with van der Waals surface area (Å²) in [6, 6.07) is -1.62. The molecule has 0 aliphatic heterocycles. The Bertz CT molecular complexity index is 987. The zero-order chi connectivity index (χ0) is 25.8. The molecule has 0 bridgehead atoms. The molecule has 0 amide bonds. The lowest BCUT2D eigenvalue weighted by molar-refractivity contribution is -0.142. The van der Waals surface area contributed by atoms with Crippen molar-refractivity contribution in [1.29, 1.82) is 0 Å². The van der Waals surface area contributed by atoms with Crippen LogP contribution in [0.25, 0.3) is 11.0 Å². The molecule has 2 aromatic rings. The molecule has 2 unspecified atom stereocenters. The lowest BCUT2D eigenvalue weighted by Crippen LogP contribution is -2.42. The summed E-state index contributed by atoms with van der Waals surface area (Å²) in [6.45, 7) is 6.89. The van der Waals surface area contributed by atoms with Gasteiger partial charge >= 0.3 is 11.9 Å². The minimum atomic E-state index is -3.31. The largest absolute Gasteiger partial charge is 0.476 e. The third kappa shape index (κ3) is 8.57. The molecule has 0 saturated carbocycles. The number of rotatable bonds is 16. The lowest BCUT2D eigenvalue weighted by atomic mass is 10.3. The molecule has 0 aromatic carbocycles. The first-order valence-corrected chi connectivity index (χ1v) is 13.6. The summed E-state index contributed by atoms with van der Waals surface area (Å²) in [4.78, 5) is 35.4. The monoisotopic (exact) mass is 512 g/mol. The van der Waals surface area contributed by atoms with E-state index in [1.807, 2.05) is 6.20 Å². The molecule has 0 aliphatic rings. The van der Waals surface area contributed by atoms with Gasteiger partial charge in [-0.3, -0.25) is 14.2 Å². The number of carbonyl (C=O) groups excluding carboxylic acids is 2. The van der Waals surface area contributed by atoms with Crippen LogP contribution in [-0.4, -0.2) is 72.5 Å². The fourth-order valence-corrected chi connectivity index (χ4v) is 5.83. The van der Waals surface area contributed by atoms with Gasteiger partial charge in [0, 0.05) is 24.5 Å². The van der Waals surface area contributed by atoms with Crippen molar-refractivity contribution < 1.29 is 28.4 Å². The smallest absolute Gasteiger partial charge is 0.322 e. The summed E-state index contributed by atoms with van der Waals surface area (Å²) in [5, 5.41) is 8.93. The predicted molar refractivity (Wildman–Crippen MR) is 132 cm³/mol. The molecule has 0 saturated heterocycles. The summed E-state index contributed by atoms with van der Waals surface area (Å²) in [5.74, 6) is -0.558. The zero-order valence-electron chi connectivity index (χ0n) is 21.1. The van der Waals surface area contributed by atoms with Crippen LogP contribution >= 0.6 is 7.44 Å². The Morgan fingerprint density at radius 1 is 1.09 bits per heavy atom. The van der Waals surface area contributed by atoms with Gasteiger partial charge in [0.2, 0.25) is 13.3 Å². The maximum absolute atomic E-state index is 13.5. The van der Waals surface area contributed by atoms with Crippen molar-refractivity contribution in [2.45, 2.75) is 58.7 Å². The normalized spacial score (nSPS) is 14.8. The van der Waals surface area contributed by atoms with Crippen molar-refractivity contribution in [2.24, 2.45) is 0 Å². The number of nitrogens with one attached hydrogen (secondary N) is 4. The summed E-state index contributed by atoms with van der Waals surface area (Å²) in [6.07, 6.45) is 6.05. The molecule has 196 valence electrons. The Morgan fingerprint density at radius 2 is 1.74 bits per heavy atom. The van der Waals surface area contributed by atoms with Crippen LogP contribution in [-0.2, 0) is 30.2 Å². The van der Waals surface area contributed by atoms with E-state index in [9.17, 15) is 14.2 Å². The number of methoxy groups -OCH3 is 2. The lowest BCUT2D eigenvalue weighted by Gasteiger charge is -2.26. The number of aromatic nitrogens is 3. The van der Waals surface area contributed by atoms with E-state index < -0.39 is 31.5 Å². The van der Waals surface area contributed by atoms with Crippen LogP contribution in [0.4, 0.5) is 0 Å². The van der Waals surface area contributed by atoms with Gasteiger partial charge in [-0.2, -0.15) is 4.98 Å². The van der Waals surface area contributed by atoms with Crippen molar-refractivity contribution >= 4 is 30.4 Å². The Morgan fingerprint density at radius 3 is 2.34 bits per heavy atom. The first kappa shape index (κ1) is 28.7. The van der Waals surface area contributed by atoms with E-state index in [1.165, 1.54) is 20.5 Å². The number of hydrogen-bond donors (Lipinski definition) is 4. The van der Waals surface area contributed by atoms with Gasteiger partial charge in [0.1, 0.15) is 23.9 Å². The van der Waals surface area contributed by atoms with Gasteiger partial charge in [0.05, 0.1) is 26.3 Å². The highest BCUT2D eigenvalue weighted by molar-refractivity contribution is 7.59. The van der Waals surface area contributed by atoms with Crippen molar-refractivity contribution in [1.82, 2.24) is 30.4 Å². The van der Waals surface area contributed by atoms with Gasteiger partial charge in [-0.15, -0.1) is 0 Å². The number of fused-ring (bicyclic) bond motifs is 1. The number of carbonyl (C=O) groups is 2. The number of nitrogens with zero attached hydrogens (tertiary/aromatic N) is 2. The zero-order valence-corrected chi connectivity index (χ0v) is 21.9. The van der Waals surface area contributed by atoms with Crippen LogP contribution in [0.2, 0.25) is 0 Å². The van der Waals surface area contributed by atoms with E-state index in [0.29, 0.717) is 32.0 Å². The van der Waals surface area contributed by atoms with Gasteiger partial charge in [-0.1, -0.05) is 13.3 Å². The average molecular weight is 513 g/mol. The molecule has 2 aromatic heterocycles. The molecule has 2 heterocycles. The number of unbranched alkanes of at least 4 members (excludes halogenated alkanes) is 1. The van der Waals surface area contributed by atoms with Crippen LogP contribution in [0, 0.1) is 0 Å². The highest BCUT2D eigenvalue weighted by Crippen LogP contribution is 2.38. The van der Waals surface area contributed by atoms with Crippen molar-refractivity contribution in [3.8, 4) is 5.88 Å². The van der Waals surface area contributed by atoms with Gasteiger partial charge < -0.3 is 24.5 Å². The quantitative estimate of drug-likeness (QED) is 0.148. The molecular formula is C22H37N6O6P. The van der Waals surface area contributed by atoms with Gasteiger partial charge in [-0.05, 0) is 33.2 Å². The minimum Gasteiger partial charge on any atom is -0.476 e. The Hall–Kier alpha value is -2.53. The number of ether oxygens (including phenoxy) is 3. The molecule has 12 nitrogen and oxygen atoms in total. The number of hydrogen-bond acceptors (Lipinski definition) is 9. The molecule has 0 radical (unpaired) electrons. The van der Waals surface area contributed by atoms with Crippen molar-refractivity contribution in [2.75, 3.05) is 33.5 Å². The average Bonchev–Trinajstić information content (AvgIpc) is 3.26. The van der Waals surface area contributed by atoms with Crippen molar-refractivity contribution in [3.63, 3.8) is 0 Å². The van der Waals surface area contributed by atoms with E-state index in [-0.39, 0.29) is 6.16 Å². The Kier molecular flexibility index (Phi) is 11.6. The standard InChI is InChI=1S/C22H37N6O6P/c1-6-7-10-34-20-19-18(25-14-26-20)17(13-24-19)12-23-9-8-11-35(31,27-15(2)21(29)32-4)28-16(3)22(30)33-5/h13-16,23-24H,6-12H2,1-5H3,(H2,27,28,31). The molecule has 35 heavy (non-hydrogen) atoms. The van der Waals surface area contributed by atoms with Crippen LogP contribution in [0.1, 0.15) is 45.6 Å².